The molecule has 26 heavy (non-hydrogen) atoms. The molecular weight excluding hydrogens is 335 g/mol. The summed E-state index contributed by atoms with van der Waals surface area (Å²) in [7, 11) is 0. The van der Waals surface area contributed by atoms with Crippen LogP contribution in [-0.2, 0) is 11.2 Å². The summed E-state index contributed by atoms with van der Waals surface area (Å²) in [6.07, 6.45) is 3.97. The third-order valence-electron chi connectivity index (χ3n) is 4.58. The van der Waals surface area contributed by atoms with E-state index in [0.717, 1.165) is 17.5 Å². The molecular formula is C19H19FN4O2. The Morgan fingerprint density at radius 2 is 2.27 bits per heavy atom. The van der Waals surface area contributed by atoms with Gasteiger partial charge in [0.05, 0.1) is 13.2 Å². The van der Waals surface area contributed by atoms with Crippen LogP contribution in [0.25, 0.3) is 10.9 Å². The highest BCUT2D eigenvalue weighted by molar-refractivity contribution is 5.98. The number of rotatable bonds is 3. The Morgan fingerprint density at radius 3 is 3.12 bits per heavy atom. The van der Waals surface area contributed by atoms with Gasteiger partial charge in [0.15, 0.2) is 0 Å². The fourth-order valence-corrected chi connectivity index (χ4v) is 3.31. The second-order valence-electron chi connectivity index (χ2n) is 6.51. The Hall–Kier alpha value is -2.80. The smallest absolute Gasteiger partial charge is 0.270 e. The standard InChI is InChI=1S/C19H19FN4O2/c20-15-2-1-14-8-18(23-17(14)9-15)19(25)24-5-6-26-11-13(10-24)7-16-3-4-21-12-22-16/h1-4,8-9,12-13,23H,5-7,10-11H2/t13-/m0/s1. The first kappa shape index (κ1) is 16.7. The molecule has 0 bridgehead atoms. The summed E-state index contributed by atoms with van der Waals surface area (Å²) in [5, 5.41) is 0.818. The summed E-state index contributed by atoms with van der Waals surface area (Å²) in [4.78, 5) is 25.9. The van der Waals surface area contributed by atoms with Crippen LogP contribution in [-0.4, -0.2) is 52.1 Å². The lowest BCUT2D eigenvalue weighted by Crippen LogP contribution is -2.36. The zero-order chi connectivity index (χ0) is 17.9. The maximum absolute atomic E-state index is 13.4. The molecule has 2 aromatic heterocycles. The average molecular weight is 354 g/mol. The number of halogens is 1. The summed E-state index contributed by atoms with van der Waals surface area (Å²) in [5.74, 6) is -0.260. The van der Waals surface area contributed by atoms with Crippen molar-refractivity contribution >= 4 is 16.8 Å². The van der Waals surface area contributed by atoms with E-state index in [1.54, 1.807) is 23.2 Å². The summed E-state index contributed by atoms with van der Waals surface area (Å²) in [6, 6.07) is 8.10. The molecule has 1 amide bonds. The predicted octanol–water partition coefficient (Wildman–Crippen LogP) is 2.43. The van der Waals surface area contributed by atoms with Gasteiger partial charge in [0.25, 0.3) is 5.91 Å². The van der Waals surface area contributed by atoms with E-state index in [1.165, 1.54) is 18.5 Å². The summed E-state index contributed by atoms with van der Waals surface area (Å²) in [6.45, 7) is 2.21. The number of hydrogen-bond donors (Lipinski definition) is 1. The van der Waals surface area contributed by atoms with Gasteiger partial charge in [-0.2, -0.15) is 0 Å². The van der Waals surface area contributed by atoms with E-state index in [1.807, 2.05) is 6.07 Å². The number of hydrogen-bond acceptors (Lipinski definition) is 4. The van der Waals surface area contributed by atoms with Crippen LogP contribution in [0.3, 0.4) is 0 Å². The third-order valence-corrected chi connectivity index (χ3v) is 4.58. The van der Waals surface area contributed by atoms with Gasteiger partial charge in [-0.05, 0) is 36.8 Å². The number of H-pyrrole nitrogens is 1. The van der Waals surface area contributed by atoms with E-state index in [9.17, 15) is 9.18 Å². The quantitative estimate of drug-likeness (QED) is 0.784. The normalized spacial score (nSPS) is 18.0. The van der Waals surface area contributed by atoms with E-state index in [4.69, 9.17) is 4.74 Å². The second-order valence-corrected chi connectivity index (χ2v) is 6.51. The number of aromatic amines is 1. The van der Waals surface area contributed by atoms with Crippen molar-refractivity contribution in [3.8, 4) is 0 Å². The first-order valence-electron chi connectivity index (χ1n) is 8.59. The fourth-order valence-electron chi connectivity index (χ4n) is 3.31. The highest BCUT2D eigenvalue weighted by Crippen LogP contribution is 2.19. The number of aromatic nitrogens is 3. The van der Waals surface area contributed by atoms with Crippen LogP contribution in [0.4, 0.5) is 4.39 Å². The van der Waals surface area contributed by atoms with Gasteiger partial charge in [0.1, 0.15) is 17.8 Å². The maximum atomic E-state index is 13.4. The van der Waals surface area contributed by atoms with Gasteiger partial charge < -0.3 is 14.6 Å². The molecule has 1 aliphatic heterocycles. The lowest BCUT2D eigenvalue weighted by molar-refractivity contribution is 0.0732. The van der Waals surface area contributed by atoms with Crippen LogP contribution < -0.4 is 0 Å². The van der Waals surface area contributed by atoms with E-state index in [-0.39, 0.29) is 17.6 Å². The van der Waals surface area contributed by atoms with Crippen molar-refractivity contribution in [2.45, 2.75) is 6.42 Å². The van der Waals surface area contributed by atoms with Crippen molar-refractivity contribution in [2.75, 3.05) is 26.3 Å². The fraction of sp³-hybridized carbons (Fsp3) is 0.316. The molecule has 3 heterocycles. The molecule has 1 saturated heterocycles. The summed E-state index contributed by atoms with van der Waals surface area (Å²) < 4.78 is 19.0. The lowest BCUT2D eigenvalue weighted by Gasteiger charge is -2.23. The third kappa shape index (κ3) is 3.57. The minimum atomic E-state index is -0.327. The molecule has 1 N–H and O–H groups in total. The molecule has 1 aliphatic rings. The van der Waals surface area contributed by atoms with Gasteiger partial charge in [-0.1, -0.05) is 0 Å². The molecule has 0 radical (unpaired) electrons. The topological polar surface area (TPSA) is 71.1 Å². The number of nitrogens with zero attached hydrogens (tertiary/aromatic N) is 3. The van der Waals surface area contributed by atoms with E-state index in [0.29, 0.717) is 37.5 Å². The van der Waals surface area contributed by atoms with E-state index in [2.05, 4.69) is 15.0 Å². The zero-order valence-electron chi connectivity index (χ0n) is 14.2. The second kappa shape index (κ2) is 7.21. The molecule has 1 fully saturated rings. The minimum Gasteiger partial charge on any atom is -0.379 e. The van der Waals surface area contributed by atoms with Crippen LogP contribution in [0.5, 0.6) is 0 Å². The first-order valence-corrected chi connectivity index (χ1v) is 8.59. The number of carbonyl (C=O) groups is 1. The number of carbonyl (C=O) groups excluding carboxylic acids is 1. The zero-order valence-corrected chi connectivity index (χ0v) is 14.2. The van der Waals surface area contributed by atoms with Crippen molar-refractivity contribution in [1.82, 2.24) is 19.9 Å². The lowest BCUT2D eigenvalue weighted by atomic mass is 10.0. The van der Waals surface area contributed by atoms with Crippen molar-refractivity contribution in [3.63, 3.8) is 0 Å². The Balaban J connectivity index is 1.51. The molecule has 3 aromatic rings. The molecule has 7 heteroatoms. The monoisotopic (exact) mass is 354 g/mol. The van der Waals surface area contributed by atoms with Gasteiger partial charge in [-0.3, -0.25) is 4.79 Å². The molecule has 4 rings (SSSR count). The molecule has 1 aromatic carbocycles. The number of benzene rings is 1. The minimum absolute atomic E-state index is 0.0974. The largest absolute Gasteiger partial charge is 0.379 e. The van der Waals surface area contributed by atoms with Crippen molar-refractivity contribution in [1.29, 1.82) is 0 Å². The Morgan fingerprint density at radius 1 is 1.35 bits per heavy atom. The average Bonchev–Trinajstić information content (AvgIpc) is 2.93. The number of fused-ring (bicyclic) bond motifs is 1. The summed E-state index contributed by atoms with van der Waals surface area (Å²) >= 11 is 0. The van der Waals surface area contributed by atoms with Crippen LogP contribution in [0.1, 0.15) is 16.2 Å². The SMILES string of the molecule is O=C(c1cc2ccc(F)cc2[nH]1)N1CCOC[C@@H](Cc2ccncn2)C1. The van der Waals surface area contributed by atoms with Crippen molar-refractivity contribution in [2.24, 2.45) is 5.92 Å². The van der Waals surface area contributed by atoms with Gasteiger partial charge in [-0.25, -0.2) is 14.4 Å². The number of nitrogens with one attached hydrogen (secondary N) is 1. The first-order chi connectivity index (χ1) is 12.7. The summed E-state index contributed by atoms with van der Waals surface area (Å²) in [5.41, 5.74) is 2.02. The van der Waals surface area contributed by atoms with Crippen LogP contribution >= 0.6 is 0 Å². The van der Waals surface area contributed by atoms with Crippen LogP contribution in [0.15, 0.2) is 42.9 Å². The van der Waals surface area contributed by atoms with Gasteiger partial charge in [0, 0.05) is 41.8 Å². The van der Waals surface area contributed by atoms with E-state index >= 15 is 0 Å². The van der Waals surface area contributed by atoms with Gasteiger partial charge >= 0.3 is 0 Å². The van der Waals surface area contributed by atoms with Crippen LogP contribution in [0, 0.1) is 11.7 Å². The molecule has 134 valence electrons. The van der Waals surface area contributed by atoms with E-state index < -0.39 is 0 Å². The molecule has 0 aliphatic carbocycles. The van der Waals surface area contributed by atoms with Gasteiger partial charge in [-0.15, -0.1) is 0 Å². The molecule has 0 unspecified atom stereocenters. The Kier molecular flexibility index (Phi) is 4.62. The van der Waals surface area contributed by atoms with Gasteiger partial charge in [0.2, 0.25) is 0 Å². The Labute approximate surface area is 150 Å². The Bertz CT molecular complexity index is 912. The van der Waals surface area contributed by atoms with Crippen LogP contribution in [0.2, 0.25) is 0 Å². The molecule has 0 spiro atoms. The molecule has 1 atom stereocenters. The highest BCUT2D eigenvalue weighted by atomic mass is 19.1. The number of amides is 1. The van der Waals surface area contributed by atoms with Crippen molar-refractivity contribution in [3.05, 3.63) is 60.1 Å². The number of ether oxygens (including phenoxy) is 1. The molecule has 6 nitrogen and oxygen atoms in total. The maximum Gasteiger partial charge on any atom is 0.270 e. The van der Waals surface area contributed by atoms with Crippen molar-refractivity contribution < 1.29 is 13.9 Å². The predicted molar refractivity (Wildman–Crippen MR) is 94.2 cm³/mol. The highest BCUT2D eigenvalue weighted by Gasteiger charge is 2.25. The molecule has 0 saturated carbocycles.